The van der Waals surface area contributed by atoms with Crippen LogP contribution in [0.15, 0.2) is 0 Å². The molecule has 5 heteroatoms. The van der Waals surface area contributed by atoms with E-state index in [0.717, 1.165) is 12.8 Å². The van der Waals surface area contributed by atoms with Crippen LogP contribution in [0.4, 0.5) is 0 Å². The first-order valence-electron chi connectivity index (χ1n) is 3.76. The molecule has 0 heterocycles. The Kier molecular flexibility index (Phi) is 10.4. The van der Waals surface area contributed by atoms with Crippen LogP contribution < -0.4 is 11.5 Å². The molecule has 0 aliphatic rings. The smallest absolute Gasteiger partial charge is 0.322 e. The fraction of sp³-hybridized carbons (Fsp3) is 0.857. The molecule has 0 aliphatic carbocycles. The minimum Gasteiger partial charge on any atom is -0.468 e. The maximum absolute atomic E-state index is 10.7. The van der Waals surface area contributed by atoms with Crippen molar-refractivity contribution in [2.24, 2.45) is 11.5 Å². The molecule has 74 valence electrons. The van der Waals surface area contributed by atoms with Gasteiger partial charge in [0, 0.05) is 0 Å². The summed E-state index contributed by atoms with van der Waals surface area (Å²) in [4.78, 5) is 10.7. The molecule has 0 aliphatic heterocycles. The monoisotopic (exact) mass is 196 g/mol. The van der Waals surface area contributed by atoms with Crippen LogP contribution in [0, 0.1) is 0 Å². The SMILES string of the molecule is COC(=O)C(N)CCCCN.Cl. The molecule has 0 bridgehead atoms. The number of carbonyl (C=O) groups is 1. The number of methoxy groups -OCH3 is 1. The second kappa shape index (κ2) is 8.77. The Labute approximate surface area is 79.0 Å². The molecule has 0 rings (SSSR count). The molecule has 0 aromatic carbocycles. The van der Waals surface area contributed by atoms with Crippen molar-refractivity contribution < 1.29 is 9.53 Å². The minimum atomic E-state index is -0.480. The fourth-order valence-electron chi connectivity index (χ4n) is 0.778. The van der Waals surface area contributed by atoms with Gasteiger partial charge in [-0.25, -0.2) is 0 Å². The maximum Gasteiger partial charge on any atom is 0.322 e. The summed E-state index contributed by atoms with van der Waals surface area (Å²) < 4.78 is 4.45. The van der Waals surface area contributed by atoms with Crippen molar-refractivity contribution >= 4 is 18.4 Å². The number of rotatable bonds is 5. The molecule has 12 heavy (non-hydrogen) atoms. The second-order valence-electron chi connectivity index (χ2n) is 2.41. The van der Waals surface area contributed by atoms with Gasteiger partial charge in [-0.05, 0) is 19.4 Å². The molecule has 1 unspecified atom stereocenters. The van der Waals surface area contributed by atoms with Gasteiger partial charge < -0.3 is 16.2 Å². The number of ether oxygens (including phenoxy) is 1. The number of halogens is 1. The Morgan fingerprint density at radius 1 is 1.50 bits per heavy atom. The van der Waals surface area contributed by atoms with E-state index in [2.05, 4.69) is 4.74 Å². The average molecular weight is 197 g/mol. The lowest BCUT2D eigenvalue weighted by molar-refractivity contribution is -0.142. The van der Waals surface area contributed by atoms with Crippen LogP contribution in [0.3, 0.4) is 0 Å². The van der Waals surface area contributed by atoms with Crippen molar-refractivity contribution in [3.63, 3.8) is 0 Å². The van der Waals surface area contributed by atoms with E-state index in [1.54, 1.807) is 0 Å². The predicted octanol–water partition coefficient (Wildman–Crippen LogP) is 0.0375. The molecule has 0 saturated carbocycles. The predicted molar refractivity (Wildman–Crippen MR) is 50.1 cm³/mol. The van der Waals surface area contributed by atoms with E-state index in [4.69, 9.17) is 11.5 Å². The Balaban J connectivity index is 0. The molecule has 0 aromatic rings. The summed E-state index contributed by atoms with van der Waals surface area (Å²) in [6.07, 6.45) is 2.45. The summed E-state index contributed by atoms with van der Waals surface area (Å²) in [5, 5.41) is 0. The normalized spacial score (nSPS) is 11.6. The lowest BCUT2D eigenvalue weighted by Gasteiger charge is -2.07. The third kappa shape index (κ3) is 6.39. The topological polar surface area (TPSA) is 78.3 Å². The Morgan fingerprint density at radius 3 is 2.50 bits per heavy atom. The number of esters is 1. The highest BCUT2D eigenvalue weighted by Gasteiger charge is 2.11. The number of unbranched alkanes of at least 4 members (excludes halogenated alkanes) is 1. The lowest BCUT2D eigenvalue weighted by atomic mass is 10.1. The minimum absolute atomic E-state index is 0. The van der Waals surface area contributed by atoms with Gasteiger partial charge in [0.15, 0.2) is 0 Å². The van der Waals surface area contributed by atoms with E-state index in [0.29, 0.717) is 13.0 Å². The molecule has 0 radical (unpaired) electrons. The summed E-state index contributed by atoms with van der Waals surface area (Å²) in [6, 6.07) is -0.480. The first-order chi connectivity index (χ1) is 5.22. The molecular formula is C7H17ClN2O2. The Hall–Kier alpha value is -0.320. The van der Waals surface area contributed by atoms with E-state index in [1.807, 2.05) is 0 Å². The quantitative estimate of drug-likeness (QED) is 0.481. The van der Waals surface area contributed by atoms with Gasteiger partial charge in [-0.3, -0.25) is 4.79 Å². The summed E-state index contributed by atoms with van der Waals surface area (Å²) in [5.41, 5.74) is 10.7. The Bertz CT molecular complexity index is 122. The van der Waals surface area contributed by atoms with Crippen LogP contribution >= 0.6 is 12.4 Å². The summed E-state index contributed by atoms with van der Waals surface area (Å²) in [7, 11) is 1.34. The summed E-state index contributed by atoms with van der Waals surface area (Å²) in [5.74, 6) is -0.345. The number of nitrogens with two attached hydrogens (primary N) is 2. The van der Waals surface area contributed by atoms with Crippen molar-refractivity contribution in [1.82, 2.24) is 0 Å². The van der Waals surface area contributed by atoms with E-state index in [9.17, 15) is 4.79 Å². The van der Waals surface area contributed by atoms with Crippen molar-refractivity contribution in [3.8, 4) is 0 Å². The molecule has 1 atom stereocenters. The highest BCUT2D eigenvalue weighted by Crippen LogP contribution is 1.98. The maximum atomic E-state index is 10.7. The van der Waals surface area contributed by atoms with E-state index in [1.165, 1.54) is 7.11 Å². The molecule has 0 amide bonds. The van der Waals surface area contributed by atoms with Gasteiger partial charge in [0.05, 0.1) is 7.11 Å². The molecule has 0 saturated heterocycles. The van der Waals surface area contributed by atoms with Crippen molar-refractivity contribution in [1.29, 1.82) is 0 Å². The zero-order valence-corrected chi connectivity index (χ0v) is 8.10. The first-order valence-corrected chi connectivity index (χ1v) is 3.76. The molecular weight excluding hydrogens is 180 g/mol. The molecule has 4 nitrogen and oxygen atoms in total. The highest BCUT2D eigenvalue weighted by molar-refractivity contribution is 5.85. The number of carbonyl (C=O) groups excluding carboxylic acids is 1. The number of hydrogen-bond acceptors (Lipinski definition) is 4. The molecule has 0 fully saturated rings. The highest BCUT2D eigenvalue weighted by atomic mass is 35.5. The van der Waals surface area contributed by atoms with Crippen LogP contribution in [0.25, 0.3) is 0 Å². The van der Waals surface area contributed by atoms with Gasteiger partial charge in [-0.1, -0.05) is 6.42 Å². The molecule has 0 aromatic heterocycles. The van der Waals surface area contributed by atoms with E-state index < -0.39 is 6.04 Å². The van der Waals surface area contributed by atoms with Crippen LogP contribution in [-0.4, -0.2) is 25.7 Å². The van der Waals surface area contributed by atoms with Crippen molar-refractivity contribution in [2.75, 3.05) is 13.7 Å². The van der Waals surface area contributed by atoms with Crippen LogP contribution in [0.1, 0.15) is 19.3 Å². The fourth-order valence-corrected chi connectivity index (χ4v) is 0.778. The zero-order chi connectivity index (χ0) is 8.69. The van der Waals surface area contributed by atoms with Gasteiger partial charge in [-0.15, -0.1) is 12.4 Å². The van der Waals surface area contributed by atoms with Gasteiger partial charge >= 0.3 is 5.97 Å². The lowest BCUT2D eigenvalue weighted by Crippen LogP contribution is -2.31. The molecule has 0 spiro atoms. The van der Waals surface area contributed by atoms with E-state index in [-0.39, 0.29) is 18.4 Å². The summed E-state index contributed by atoms with van der Waals surface area (Å²) in [6.45, 7) is 0.647. The standard InChI is InChI=1S/C7H16N2O2.ClH/c1-11-7(10)6(9)4-2-3-5-8;/h6H,2-5,8-9H2,1H3;1H. The van der Waals surface area contributed by atoms with Crippen LogP contribution in [0.5, 0.6) is 0 Å². The average Bonchev–Trinajstić information content (AvgIpc) is 2.03. The number of hydrogen-bond donors (Lipinski definition) is 2. The van der Waals surface area contributed by atoms with Gasteiger partial charge in [0.25, 0.3) is 0 Å². The third-order valence-corrected chi connectivity index (χ3v) is 1.47. The third-order valence-electron chi connectivity index (χ3n) is 1.47. The second-order valence-corrected chi connectivity index (χ2v) is 2.41. The van der Waals surface area contributed by atoms with Gasteiger partial charge in [-0.2, -0.15) is 0 Å². The molecule has 4 N–H and O–H groups in total. The van der Waals surface area contributed by atoms with E-state index >= 15 is 0 Å². The summed E-state index contributed by atoms with van der Waals surface area (Å²) >= 11 is 0. The van der Waals surface area contributed by atoms with Crippen molar-refractivity contribution in [3.05, 3.63) is 0 Å². The first kappa shape index (κ1) is 14.2. The van der Waals surface area contributed by atoms with Gasteiger partial charge in [0.2, 0.25) is 0 Å². The van der Waals surface area contributed by atoms with Gasteiger partial charge in [0.1, 0.15) is 6.04 Å². The zero-order valence-electron chi connectivity index (χ0n) is 7.29. The van der Waals surface area contributed by atoms with Crippen LogP contribution in [0.2, 0.25) is 0 Å². The largest absolute Gasteiger partial charge is 0.468 e. The Morgan fingerprint density at radius 2 is 2.08 bits per heavy atom. The van der Waals surface area contributed by atoms with Crippen LogP contribution in [-0.2, 0) is 9.53 Å². The van der Waals surface area contributed by atoms with Crippen molar-refractivity contribution in [2.45, 2.75) is 25.3 Å².